The predicted octanol–water partition coefficient (Wildman–Crippen LogP) is 4.64. The number of pyridine rings is 1. The van der Waals surface area contributed by atoms with Crippen LogP contribution in [0.1, 0.15) is 40.9 Å². The van der Waals surface area contributed by atoms with Gasteiger partial charge in [0.2, 0.25) is 0 Å². The lowest BCUT2D eigenvalue weighted by atomic mass is 9.99. The zero-order valence-corrected chi connectivity index (χ0v) is 19.6. The van der Waals surface area contributed by atoms with Gasteiger partial charge in [0, 0.05) is 41.4 Å². The lowest BCUT2D eigenvalue weighted by Crippen LogP contribution is -2.22. The summed E-state index contributed by atoms with van der Waals surface area (Å²) < 4.78 is 4.87. The largest absolute Gasteiger partial charge is 0.465 e. The van der Waals surface area contributed by atoms with E-state index in [0.29, 0.717) is 28.1 Å². The van der Waals surface area contributed by atoms with Crippen LogP contribution >= 0.6 is 0 Å². The Morgan fingerprint density at radius 1 is 1.00 bits per heavy atom. The first kappa shape index (κ1) is 23.2. The number of hydrogen-bond acceptors (Lipinski definition) is 6. The molecule has 174 valence electrons. The van der Waals surface area contributed by atoms with Crippen LogP contribution in [0.25, 0.3) is 11.3 Å². The number of carbonyl (C=O) groups excluding carboxylic acids is 2. The highest BCUT2D eigenvalue weighted by Gasteiger charge is 2.29. The van der Waals surface area contributed by atoms with Crippen LogP contribution in [0, 0.1) is 0 Å². The Morgan fingerprint density at radius 2 is 1.71 bits per heavy atom. The lowest BCUT2D eigenvalue weighted by Gasteiger charge is -2.19. The van der Waals surface area contributed by atoms with Gasteiger partial charge in [0.05, 0.1) is 23.9 Å². The summed E-state index contributed by atoms with van der Waals surface area (Å²) in [6, 6.07) is 16.9. The Kier molecular flexibility index (Phi) is 7.04. The zero-order chi connectivity index (χ0) is 24.1. The maximum Gasteiger partial charge on any atom is 0.337 e. The second-order valence-electron chi connectivity index (χ2n) is 7.98. The fourth-order valence-electron chi connectivity index (χ4n) is 4.00. The summed E-state index contributed by atoms with van der Waals surface area (Å²) in [5.41, 5.74) is 5.65. The van der Waals surface area contributed by atoms with Crippen LogP contribution in [0.15, 0.2) is 67.0 Å². The van der Waals surface area contributed by atoms with E-state index in [-0.39, 0.29) is 5.91 Å². The number of esters is 1. The second kappa shape index (κ2) is 10.3. The molecule has 0 atom stereocenters. The third-order valence-corrected chi connectivity index (χ3v) is 5.93. The Labute approximate surface area is 199 Å². The van der Waals surface area contributed by atoms with Gasteiger partial charge in [0.15, 0.2) is 0 Å². The molecule has 7 nitrogen and oxygen atoms in total. The number of benzene rings is 2. The highest BCUT2D eigenvalue weighted by Crippen LogP contribution is 2.38. The van der Waals surface area contributed by atoms with Crippen molar-refractivity contribution in [3.8, 4) is 0 Å². The number of carbonyl (C=O) groups is 2. The topological polar surface area (TPSA) is 83.6 Å². The molecule has 7 heteroatoms. The van der Waals surface area contributed by atoms with E-state index < -0.39 is 5.97 Å². The van der Waals surface area contributed by atoms with Crippen LogP contribution in [0.5, 0.6) is 0 Å². The fraction of sp³-hybridized carbons (Fsp3) is 0.222. The third kappa shape index (κ3) is 4.84. The minimum absolute atomic E-state index is 0.241. The summed E-state index contributed by atoms with van der Waals surface area (Å²) in [6.07, 6.45) is 3.37. The number of hydrogen-bond donors (Lipinski definition) is 2. The third-order valence-electron chi connectivity index (χ3n) is 5.93. The minimum atomic E-state index is -0.455. The first-order valence-electron chi connectivity index (χ1n) is 11.3. The molecule has 0 radical (unpaired) electrons. The van der Waals surface area contributed by atoms with E-state index in [1.54, 1.807) is 30.6 Å². The van der Waals surface area contributed by atoms with Crippen molar-refractivity contribution in [2.45, 2.75) is 20.4 Å². The molecule has 2 heterocycles. The van der Waals surface area contributed by atoms with Crippen LogP contribution in [0.2, 0.25) is 0 Å². The van der Waals surface area contributed by atoms with Gasteiger partial charge in [0.25, 0.3) is 5.91 Å². The number of nitrogens with one attached hydrogen (secondary N) is 2. The number of amides is 1. The van der Waals surface area contributed by atoms with Gasteiger partial charge in [-0.05, 0) is 61.1 Å². The number of methoxy groups -OCH3 is 1. The number of anilines is 2. The van der Waals surface area contributed by atoms with Crippen LogP contribution in [-0.2, 0) is 16.1 Å². The van der Waals surface area contributed by atoms with Crippen molar-refractivity contribution in [2.24, 2.45) is 0 Å². The van der Waals surface area contributed by atoms with Crippen molar-refractivity contribution in [1.29, 1.82) is 0 Å². The van der Waals surface area contributed by atoms with E-state index in [9.17, 15) is 9.59 Å². The average Bonchev–Trinajstić information content (AvgIpc) is 3.21. The summed E-state index contributed by atoms with van der Waals surface area (Å²) in [5, 5.41) is 6.34. The number of aromatic nitrogens is 1. The monoisotopic (exact) mass is 456 g/mol. The highest BCUT2D eigenvalue weighted by molar-refractivity contribution is 6.37. The van der Waals surface area contributed by atoms with Crippen molar-refractivity contribution < 1.29 is 14.3 Å². The van der Waals surface area contributed by atoms with Crippen molar-refractivity contribution in [3.63, 3.8) is 0 Å². The number of fused-ring (bicyclic) bond motifs is 1. The molecule has 34 heavy (non-hydrogen) atoms. The Morgan fingerprint density at radius 3 is 2.35 bits per heavy atom. The normalized spacial score (nSPS) is 13.9. The van der Waals surface area contributed by atoms with Gasteiger partial charge in [-0.15, -0.1) is 0 Å². The molecule has 0 unspecified atom stereocenters. The molecule has 1 aromatic heterocycles. The molecule has 0 spiro atoms. The molecule has 2 N–H and O–H groups in total. The van der Waals surface area contributed by atoms with Crippen LogP contribution in [-0.4, -0.2) is 42.0 Å². The number of ether oxygens (including phenoxy) is 1. The van der Waals surface area contributed by atoms with Gasteiger partial charge in [-0.3, -0.25) is 14.7 Å². The molecule has 0 aliphatic carbocycles. The fourth-order valence-corrected chi connectivity index (χ4v) is 4.00. The van der Waals surface area contributed by atoms with E-state index in [4.69, 9.17) is 4.74 Å². The summed E-state index contributed by atoms with van der Waals surface area (Å²) in [6.45, 7) is 7.19. The summed E-state index contributed by atoms with van der Waals surface area (Å²) in [7, 11) is 1.34. The van der Waals surface area contributed by atoms with Crippen molar-refractivity contribution >= 4 is 34.5 Å². The van der Waals surface area contributed by atoms with Gasteiger partial charge in [0.1, 0.15) is 0 Å². The second-order valence-corrected chi connectivity index (χ2v) is 7.98. The van der Waals surface area contributed by atoms with Crippen molar-refractivity contribution in [3.05, 3.63) is 89.2 Å². The first-order valence-corrected chi connectivity index (χ1v) is 11.3. The number of rotatable bonds is 8. The maximum atomic E-state index is 13.1. The quantitative estimate of drug-likeness (QED) is 0.379. The van der Waals surface area contributed by atoms with E-state index in [2.05, 4.69) is 46.5 Å². The smallest absolute Gasteiger partial charge is 0.337 e. The molecular formula is C27H28N4O3. The van der Waals surface area contributed by atoms with Crippen LogP contribution < -0.4 is 10.6 Å². The molecule has 1 aliphatic heterocycles. The van der Waals surface area contributed by atoms with Gasteiger partial charge in [-0.25, -0.2) is 4.79 Å². The number of nitrogens with zero attached hydrogens (tertiary/aromatic N) is 2. The molecule has 1 amide bonds. The first-order chi connectivity index (χ1) is 16.5. The molecule has 0 saturated carbocycles. The Bertz CT molecular complexity index is 1220. The molecule has 4 rings (SSSR count). The molecule has 0 bridgehead atoms. The lowest BCUT2D eigenvalue weighted by molar-refractivity contribution is -0.110. The highest BCUT2D eigenvalue weighted by atomic mass is 16.5. The molecule has 0 saturated heterocycles. The molecular weight excluding hydrogens is 428 g/mol. The average molecular weight is 457 g/mol. The minimum Gasteiger partial charge on any atom is -0.465 e. The van der Waals surface area contributed by atoms with Gasteiger partial charge in [-0.1, -0.05) is 26.0 Å². The van der Waals surface area contributed by atoms with Crippen molar-refractivity contribution in [2.75, 3.05) is 30.8 Å². The maximum absolute atomic E-state index is 13.1. The summed E-state index contributed by atoms with van der Waals surface area (Å²) in [5.74, 6) is -0.696. The molecule has 3 aromatic rings. The Hall–Kier alpha value is -3.97. The van der Waals surface area contributed by atoms with Gasteiger partial charge >= 0.3 is 5.97 Å². The predicted molar refractivity (Wildman–Crippen MR) is 134 cm³/mol. The Balaban J connectivity index is 1.76. The van der Waals surface area contributed by atoms with Crippen molar-refractivity contribution in [1.82, 2.24) is 9.88 Å². The zero-order valence-electron chi connectivity index (χ0n) is 19.6. The molecule has 1 aliphatic rings. The summed E-state index contributed by atoms with van der Waals surface area (Å²) in [4.78, 5) is 31.7. The van der Waals surface area contributed by atoms with E-state index in [1.807, 2.05) is 24.3 Å². The summed E-state index contributed by atoms with van der Waals surface area (Å²) >= 11 is 0. The molecule has 2 aromatic carbocycles. The van der Waals surface area contributed by atoms with Gasteiger partial charge in [-0.2, -0.15) is 0 Å². The molecule has 0 fully saturated rings. The van der Waals surface area contributed by atoms with Crippen LogP contribution in [0.3, 0.4) is 0 Å². The van der Waals surface area contributed by atoms with E-state index in [0.717, 1.165) is 30.9 Å². The SMILES string of the molecule is CCN(CC)Cc1ccc(N/C(=C2\C(=O)Nc3ccc(C(=O)OC)cc32)c2ccncc2)cc1. The van der Waals surface area contributed by atoms with E-state index >= 15 is 0 Å². The standard InChI is InChI=1S/C27H28N4O3/c1-4-31(5-2)17-18-6-9-21(10-7-18)29-25(19-12-14-28-15-13-19)24-22-16-20(27(33)34-3)8-11-23(22)30-26(24)32/h6-16,29H,4-5,17H2,1-3H3,(H,30,32)/b25-24-. The van der Waals surface area contributed by atoms with E-state index in [1.165, 1.54) is 12.7 Å². The van der Waals surface area contributed by atoms with Gasteiger partial charge < -0.3 is 15.4 Å². The van der Waals surface area contributed by atoms with Crippen LogP contribution in [0.4, 0.5) is 11.4 Å².